The minimum atomic E-state index is -0.800. The van der Waals surface area contributed by atoms with Gasteiger partial charge in [-0.05, 0) is 49.8 Å². The predicted octanol–water partition coefficient (Wildman–Crippen LogP) is 2.54. The van der Waals surface area contributed by atoms with E-state index in [4.69, 9.17) is 4.74 Å². The molecule has 7 heteroatoms. The van der Waals surface area contributed by atoms with E-state index in [0.717, 1.165) is 4.90 Å². The molecule has 2 heterocycles. The number of rotatable bonds is 4. The number of benzene rings is 1. The first-order chi connectivity index (χ1) is 12.5. The largest absolute Gasteiger partial charge is 0.491 e. The molecule has 1 N–H and O–H groups in total. The quantitative estimate of drug-likeness (QED) is 0.675. The van der Waals surface area contributed by atoms with Gasteiger partial charge < -0.3 is 4.74 Å². The highest BCUT2D eigenvalue weighted by molar-refractivity contribution is 6.39. The molecule has 0 saturated carbocycles. The van der Waals surface area contributed by atoms with Crippen molar-refractivity contribution in [3.63, 3.8) is 0 Å². The van der Waals surface area contributed by atoms with E-state index >= 15 is 0 Å². The summed E-state index contributed by atoms with van der Waals surface area (Å²) in [7, 11) is 0. The number of hydrogen-bond donors (Lipinski definition) is 1. The van der Waals surface area contributed by atoms with Crippen LogP contribution in [0.4, 0.5) is 10.5 Å². The molecule has 0 spiro atoms. The van der Waals surface area contributed by atoms with Crippen LogP contribution in [-0.4, -0.2) is 28.9 Å². The van der Waals surface area contributed by atoms with Crippen molar-refractivity contribution in [2.45, 2.75) is 20.0 Å². The molecule has 1 fully saturated rings. The number of nitrogens with one attached hydrogen (secondary N) is 1. The number of nitrogens with zero attached hydrogens (tertiary/aromatic N) is 2. The van der Waals surface area contributed by atoms with E-state index in [2.05, 4.69) is 10.3 Å². The molecule has 1 aliphatic heterocycles. The normalized spacial score (nSPS) is 16.2. The Hall–Kier alpha value is -3.48. The third kappa shape index (κ3) is 3.61. The predicted molar refractivity (Wildman–Crippen MR) is 95.4 cm³/mol. The molecular weight excluding hydrogens is 334 g/mol. The van der Waals surface area contributed by atoms with Crippen LogP contribution in [0.5, 0.6) is 5.75 Å². The summed E-state index contributed by atoms with van der Waals surface area (Å²) >= 11 is 0. The highest BCUT2D eigenvalue weighted by Gasteiger charge is 2.36. The Morgan fingerprint density at radius 2 is 1.85 bits per heavy atom. The second kappa shape index (κ2) is 7.18. The number of urea groups is 1. The molecule has 0 radical (unpaired) electrons. The number of amides is 4. The lowest BCUT2D eigenvalue weighted by Crippen LogP contribution is -2.54. The van der Waals surface area contributed by atoms with Crippen molar-refractivity contribution in [1.82, 2.24) is 10.3 Å². The Balaban J connectivity index is 1.90. The molecule has 0 aliphatic carbocycles. The van der Waals surface area contributed by atoms with Gasteiger partial charge in [0.05, 0.1) is 18.0 Å². The van der Waals surface area contributed by atoms with Crippen molar-refractivity contribution >= 4 is 29.6 Å². The molecule has 0 atom stereocenters. The number of hydrogen-bond acceptors (Lipinski definition) is 5. The zero-order chi connectivity index (χ0) is 18.7. The standard InChI is InChI=1S/C19H17N3O4/c1-12(2)26-15-7-5-13(6-8-15)10-16-17(23)21-19(25)22(18(16)24)14-4-3-9-20-11-14/h3-12H,1-2H3,(H,21,23,25)/b16-10+. The van der Waals surface area contributed by atoms with Gasteiger partial charge in [-0.15, -0.1) is 0 Å². The van der Waals surface area contributed by atoms with Gasteiger partial charge in [-0.2, -0.15) is 0 Å². The average molecular weight is 351 g/mol. The zero-order valence-electron chi connectivity index (χ0n) is 14.3. The van der Waals surface area contributed by atoms with Crippen LogP contribution in [0.1, 0.15) is 19.4 Å². The van der Waals surface area contributed by atoms with Crippen molar-refractivity contribution in [3.8, 4) is 5.75 Å². The van der Waals surface area contributed by atoms with Crippen molar-refractivity contribution in [2.75, 3.05) is 4.90 Å². The van der Waals surface area contributed by atoms with Gasteiger partial charge in [0, 0.05) is 6.20 Å². The third-order valence-corrected chi connectivity index (χ3v) is 3.57. The number of imide groups is 2. The van der Waals surface area contributed by atoms with Gasteiger partial charge in [-0.25, -0.2) is 9.69 Å². The van der Waals surface area contributed by atoms with Crippen LogP contribution in [-0.2, 0) is 9.59 Å². The fourth-order valence-corrected chi connectivity index (χ4v) is 2.46. The van der Waals surface area contributed by atoms with E-state index in [0.29, 0.717) is 11.3 Å². The second-order valence-corrected chi connectivity index (χ2v) is 5.90. The molecule has 1 aliphatic rings. The van der Waals surface area contributed by atoms with Crippen molar-refractivity contribution < 1.29 is 19.1 Å². The fraction of sp³-hybridized carbons (Fsp3) is 0.158. The first-order valence-electron chi connectivity index (χ1n) is 8.04. The molecule has 0 bridgehead atoms. The fourth-order valence-electron chi connectivity index (χ4n) is 2.46. The molecule has 1 aromatic carbocycles. The van der Waals surface area contributed by atoms with Crippen LogP contribution in [0.3, 0.4) is 0 Å². The zero-order valence-corrected chi connectivity index (χ0v) is 14.3. The van der Waals surface area contributed by atoms with E-state index in [1.807, 2.05) is 13.8 Å². The Morgan fingerprint density at radius 3 is 2.46 bits per heavy atom. The minimum Gasteiger partial charge on any atom is -0.491 e. The lowest BCUT2D eigenvalue weighted by molar-refractivity contribution is -0.122. The van der Waals surface area contributed by atoms with Gasteiger partial charge in [0.25, 0.3) is 11.8 Å². The summed E-state index contributed by atoms with van der Waals surface area (Å²) in [5, 5.41) is 2.17. The first kappa shape index (κ1) is 17.3. The maximum absolute atomic E-state index is 12.7. The number of carbonyl (C=O) groups is 3. The van der Waals surface area contributed by atoms with Gasteiger partial charge in [-0.1, -0.05) is 12.1 Å². The number of anilines is 1. The highest BCUT2D eigenvalue weighted by Crippen LogP contribution is 2.22. The van der Waals surface area contributed by atoms with Crippen LogP contribution in [0.15, 0.2) is 54.4 Å². The topological polar surface area (TPSA) is 88.6 Å². The first-order valence-corrected chi connectivity index (χ1v) is 8.04. The molecule has 1 saturated heterocycles. The van der Waals surface area contributed by atoms with Crippen LogP contribution >= 0.6 is 0 Å². The Labute approximate surface area is 150 Å². The summed E-state index contributed by atoms with van der Waals surface area (Å²) < 4.78 is 5.56. The number of aromatic nitrogens is 1. The monoisotopic (exact) mass is 351 g/mol. The highest BCUT2D eigenvalue weighted by atomic mass is 16.5. The summed E-state index contributed by atoms with van der Waals surface area (Å²) in [6, 6.07) is 9.33. The van der Waals surface area contributed by atoms with E-state index < -0.39 is 17.8 Å². The number of carbonyl (C=O) groups excluding carboxylic acids is 3. The lowest BCUT2D eigenvalue weighted by atomic mass is 10.1. The molecule has 0 unspecified atom stereocenters. The SMILES string of the molecule is CC(C)Oc1ccc(/C=C2\C(=O)NC(=O)N(c3cccnc3)C2=O)cc1. The summed E-state index contributed by atoms with van der Waals surface area (Å²) in [6.07, 6.45) is 4.39. The van der Waals surface area contributed by atoms with E-state index in [1.54, 1.807) is 36.4 Å². The smallest absolute Gasteiger partial charge is 0.336 e. The Morgan fingerprint density at radius 1 is 1.12 bits per heavy atom. The van der Waals surface area contributed by atoms with E-state index in [9.17, 15) is 14.4 Å². The molecule has 4 amide bonds. The molecule has 1 aromatic heterocycles. The van der Waals surface area contributed by atoms with E-state index in [1.165, 1.54) is 18.5 Å². The van der Waals surface area contributed by atoms with Crippen LogP contribution in [0, 0.1) is 0 Å². The molecular formula is C19H17N3O4. The van der Waals surface area contributed by atoms with Gasteiger partial charge in [0.1, 0.15) is 11.3 Å². The number of barbiturate groups is 1. The summed E-state index contributed by atoms with van der Waals surface area (Å²) in [4.78, 5) is 41.7. The molecule has 26 heavy (non-hydrogen) atoms. The molecule has 3 rings (SSSR count). The minimum absolute atomic E-state index is 0.0453. The van der Waals surface area contributed by atoms with Crippen LogP contribution < -0.4 is 15.0 Å². The molecule has 132 valence electrons. The summed E-state index contributed by atoms with van der Waals surface area (Å²) in [5.41, 5.74) is 0.792. The van der Waals surface area contributed by atoms with Crippen LogP contribution in [0.25, 0.3) is 6.08 Å². The maximum atomic E-state index is 12.7. The van der Waals surface area contributed by atoms with Crippen molar-refractivity contribution in [2.24, 2.45) is 0 Å². The summed E-state index contributed by atoms with van der Waals surface area (Å²) in [6.45, 7) is 3.84. The van der Waals surface area contributed by atoms with Crippen LogP contribution in [0.2, 0.25) is 0 Å². The molecule has 7 nitrogen and oxygen atoms in total. The van der Waals surface area contributed by atoms with Gasteiger partial charge >= 0.3 is 6.03 Å². The lowest BCUT2D eigenvalue weighted by Gasteiger charge is -2.26. The number of ether oxygens (including phenoxy) is 1. The van der Waals surface area contributed by atoms with E-state index in [-0.39, 0.29) is 17.4 Å². The van der Waals surface area contributed by atoms with Gasteiger partial charge in [-0.3, -0.25) is 19.9 Å². The number of pyridine rings is 1. The van der Waals surface area contributed by atoms with Gasteiger partial charge in [0.15, 0.2) is 0 Å². The second-order valence-electron chi connectivity index (χ2n) is 5.90. The Bertz CT molecular complexity index is 873. The molecule has 2 aromatic rings. The average Bonchev–Trinajstić information content (AvgIpc) is 2.60. The maximum Gasteiger partial charge on any atom is 0.336 e. The third-order valence-electron chi connectivity index (χ3n) is 3.57. The van der Waals surface area contributed by atoms with Crippen molar-refractivity contribution in [3.05, 3.63) is 59.9 Å². The van der Waals surface area contributed by atoms with Crippen molar-refractivity contribution in [1.29, 1.82) is 0 Å². The summed E-state index contributed by atoms with van der Waals surface area (Å²) in [5.74, 6) is -0.745. The Kier molecular flexibility index (Phi) is 4.79. The van der Waals surface area contributed by atoms with Gasteiger partial charge in [0.2, 0.25) is 0 Å².